The van der Waals surface area contributed by atoms with Crippen molar-refractivity contribution in [2.45, 2.75) is 75.9 Å². The molecule has 1 aromatic heterocycles. The first kappa shape index (κ1) is 28.1. The Balaban J connectivity index is 0.000000564. The number of alkyl halides is 9. The zero-order valence-electron chi connectivity index (χ0n) is 16.3. The monoisotopic (exact) mass is 458 g/mol. The van der Waals surface area contributed by atoms with E-state index in [0.717, 1.165) is 0 Å². The van der Waals surface area contributed by atoms with Crippen LogP contribution in [0.15, 0.2) is 18.7 Å². The van der Waals surface area contributed by atoms with Crippen LogP contribution in [0.1, 0.15) is 45.4 Å². The molecule has 176 valence electrons. The van der Waals surface area contributed by atoms with Gasteiger partial charge in [-0.3, -0.25) is 0 Å². The molecule has 0 atom stereocenters. The van der Waals surface area contributed by atoms with Crippen molar-refractivity contribution < 1.29 is 54.0 Å². The van der Waals surface area contributed by atoms with Gasteiger partial charge in [-0.25, -0.2) is 9.13 Å². The van der Waals surface area contributed by atoms with Gasteiger partial charge in [0.05, 0.1) is 13.6 Å². The van der Waals surface area contributed by atoms with Gasteiger partial charge in [0, 0.05) is 0 Å². The summed E-state index contributed by atoms with van der Waals surface area (Å²) in [5.74, 6) is -25.1. The van der Waals surface area contributed by atoms with Crippen LogP contribution in [0.2, 0.25) is 0 Å². The number of imidazole rings is 1. The molecule has 1 rings (SSSR count). The Morgan fingerprint density at radius 3 is 1.80 bits per heavy atom. The van der Waals surface area contributed by atoms with Gasteiger partial charge in [0.25, 0.3) is 0 Å². The number of halogens is 9. The maximum atomic E-state index is 12.1. The van der Waals surface area contributed by atoms with Gasteiger partial charge in [0.15, 0.2) is 0 Å². The fourth-order valence-electron chi connectivity index (χ4n) is 2.21. The van der Waals surface area contributed by atoms with Crippen molar-refractivity contribution in [2.24, 2.45) is 7.05 Å². The SMILES string of the molecule is CCCCCCCC[n+]1ccn(C)c1.O=C([O-])C(F)(F)C(F)(F)C(F)(F)C(F)(F)F. The number of carbonyl (C=O) groups excluding carboxylic acids is 1. The van der Waals surface area contributed by atoms with Crippen LogP contribution in [0.5, 0.6) is 0 Å². The average molecular weight is 458 g/mol. The first-order chi connectivity index (χ1) is 13.5. The van der Waals surface area contributed by atoms with Gasteiger partial charge in [-0.1, -0.05) is 32.6 Å². The third-order valence-corrected chi connectivity index (χ3v) is 3.99. The van der Waals surface area contributed by atoms with E-state index in [9.17, 15) is 49.4 Å². The first-order valence-electron chi connectivity index (χ1n) is 8.95. The van der Waals surface area contributed by atoms with E-state index in [1.54, 1.807) is 0 Å². The molecule has 0 amide bonds. The largest absolute Gasteiger partial charge is 0.544 e. The number of unbranched alkanes of at least 4 members (excludes halogenated alkanes) is 5. The molecule has 0 saturated carbocycles. The number of nitrogens with zero attached hydrogens (tertiary/aromatic N) is 2. The van der Waals surface area contributed by atoms with Gasteiger partial charge in [-0.15, -0.1) is 0 Å². The predicted molar refractivity (Wildman–Crippen MR) is 84.9 cm³/mol. The van der Waals surface area contributed by atoms with Crippen LogP contribution in [0.25, 0.3) is 0 Å². The van der Waals surface area contributed by atoms with E-state index in [0.29, 0.717) is 0 Å². The lowest BCUT2D eigenvalue weighted by Crippen LogP contribution is -2.65. The van der Waals surface area contributed by atoms with E-state index in [-0.39, 0.29) is 0 Å². The third kappa shape index (κ3) is 7.08. The van der Waals surface area contributed by atoms with E-state index in [1.165, 1.54) is 45.1 Å². The van der Waals surface area contributed by atoms with Crippen molar-refractivity contribution in [3.63, 3.8) is 0 Å². The molecule has 0 bridgehead atoms. The van der Waals surface area contributed by atoms with Crippen LogP contribution < -0.4 is 9.67 Å². The fourth-order valence-corrected chi connectivity index (χ4v) is 2.21. The van der Waals surface area contributed by atoms with E-state index >= 15 is 0 Å². The number of carboxylic acids is 1. The number of aryl methyl sites for hydroxylation is 2. The molecular weight excluding hydrogens is 435 g/mol. The van der Waals surface area contributed by atoms with Crippen LogP contribution >= 0.6 is 0 Å². The molecule has 4 nitrogen and oxygen atoms in total. The first-order valence-corrected chi connectivity index (χ1v) is 8.95. The molecule has 1 aromatic rings. The molecule has 1 heterocycles. The number of carbonyl (C=O) groups is 1. The minimum atomic E-state index is -7.20. The summed E-state index contributed by atoms with van der Waals surface area (Å²) in [6.07, 6.45) is 7.61. The minimum Gasteiger partial charge on any atom is -0.544 e. The number of rotatable bonds is 10. The van der Waals surface area contributed by atoms with Crippen molar-refractivity contribution in [1.29, 1.82) is 0 Å². The highest BCUT2D eigenvalue weighted by Gasteiger charge is 2.82. The van der Waals surface area contributed by atoms with Gasteiger partial charge in [-0.2, -0.15) is 39.5 Å². The van der Waals surface area contributed by atoms with Crippen molar-refractivity contribution in [3.8, 4) is 0 Å². The van der Waals surface area contributed by atoms with Gasteiger partial charge < -0.3 is 9.90 Å². The van der Waals surface area contributed by atoms with Crippen molar-refractivity contribution >= 4 is 5.97 Å². The molecule has 0 radical (unpaired) electrons. The van der Waals surface area contributed by atoms with E-state index in [2.05, 4.69) is 41.8 Å². The molecule has 0 unspecified atom stereocenters. The van der Waals surface area contributed by atoms with Crippen molar-refractivity contribution in [3.05, 3.63) is 18.7 Å². The molecule has 0 aliphatic rings. The summed E-state index contributed by atoms with van der Waals surface area (Å²) in [7, 11) is 2.07. The highest BCUT2D eigenvalue weighted by Crippen LogP contribution is 2.52. The number of carboxylic acid groups (broad SMARTS) is 1. The average Bonchev–Trinajstić information content (AvgIpc) is 3.02. The summed E-state index contributed by atoms with van der Waals surface area (Å²) in [4.78, 5) is 9.40. The minimum absolute atomic E-state index is 1.17. The standard InChI is InChI=1S/C12H23N2.C5HF9O2/c1-3-4-5-6-7-8-9-14-11-10-13(2)12-14;6-2(7,1(15)16)3(8,9)4(10,11)5(12,13)14/h10-12H,3-9H2,1-2H3;(H,15,16)/q+1;/p-1. The summed E-state index contributed by atoms with van der Waals surface area (Å²) in [6.45, 7) is 3.44. The van der Waals surface area contributed by atoms with Crippen molar-refractivity contribution in [1.82, 2.24) is 4.57 Å². The van der Waals surface area contributed by atoms with Gasteiger partial charge in [-0.05, 0) is 12.8 Å². The van der Waals surface area contributed by atoms with Crippen LogP contribution in [-0.2, 0) is 18.4 Å². The van der Waals surface area contributed by atoms with Gasteiger partial charge in [0.1, 0.15) is 18.4 Å². The number of aromatic nitrogens is 2. The second-order valence-corrected chi connectivity index (χ2v) is 6.59. The zero-order valence-corrected chi connectivity index (χ0v) is 16.3. The van der Waals surface area contributed by atoms with Crippen LogP contribution in [-0.4, -0.2) is 34.5 Å². The molecule has 0 fully saturated rings. The molecular formula is C17H23F9N2O2. The topological polar surface area (TPSA) is 48.9 Å². The highest BCUT2D eigenvalue weighted by molar-refractivity contribution is 5.74. The number of aliphatic carboxylic acids is 1. The Hall–Kier alpha value is -1.95. The quantitative estimate of drug-likeness (QED) is 0.304. The Labute approximate surface area is 167 Å². The molecule has 0 aliphatic heterocycles. The zero-order chi connectivity index (χ0) is 23.8. The maximum Gasteiger partial charge on any atom is 0.460 e. The molecule has 0 aliphatic carbocycles. The summed E-state index contributed by atoms with van der Waals surface area (Å²) < 4.78 is 110. The van der Waals surface area contributed by atoms with E-state index in [4.69, 9.17) is 0 Å². The number of hydrogen-bond donors (Lipinski definition) is 0. The fraction of sp³-hybridized carbons (Fsp3) is 0.765. The molecule has 0 saturated heterocycles. The van der Waals surface area contributed by atoms with Crippen LogP contribution in [0.4, 0.5) is 39.5 Å². The Morgan fingerprint density at radius 1 is 0.900 bits per heavy atom. The summed E-state index contributed by atoms with van der Waals surface area (Å²) in [5, 5.41) is 9.40. The summed E-state index contributed by atoms with van der Waals surface area (Å²) in [6, 6.07) is 0. The van der Waals surface area contributed by atoms with Crippen LogP contribution in [0, 0.1) is 0 Å². The lowest BCUT2D eigenvalue weighted by atomic mass is 10.0. The Kier molecular flexibility index (Phi) is 10.2. The molecule has 0 spiro atoms. The van der Waals surface area contributed by atoms with Crippen LogP contribution in [0.3, 0.4) is 0 Å². The molecule has 30 heavy (non-hydrogen) atoms. The third-order valence-electron chi connectivity index (χ3n) is 3.99. The highest BCUT2D eigenvalue weighted by atomic mass is 19.4. The van der Waals surface area contributed by atoms with Crippen molar-refractivity contribution in [2.75, 3.05) is 0 Å². The lowest BCUT2D eigenvalue weighted by Gasteiger charge is -2.33. The smallest absolute Gasteiger partial charge is 0.460 e. The van der Waals surface area contributed by atoms with Gasteiger partial charge >= 0.3 is 23.9 Å². The molecule has 13 heteroatoms. The predicted octanol–water partition coefficient (Wildman–Crippen LogP) is 3.88. The molecule has 0 aromatic carbocycles. The summed E-state index contributed by atoms with van der Waals surface area (Å²) in [5.41, 5.74) is 0. The lowest BCUT2D eigenvalue weighted by molar-refractivity contribution is -0.696. The molecule has 0 N–H and O–H groups in total. The van der Waals surface area contributed by atoms with E-state index < -0.39 is 29.9 Å². The summed E-state index contributed by atoms with van der Waals surface area (Å²) >= 11 is 0. The maximum absolute atomic E-state index is 12.1. The van der Waals surface area contributed by atoms with Gasteiger partial charge in [0.2, 0.25) is 6.33 Å². The number of hydrogen-bond acceptors (Lipinski definition) is 2. The Morgan fingerprint density at radius 2 is 1.40 bits per heavy atom. The van der Waals surface area contributed by atoms with E-state index in [1.807, 2.05) is 0 Å². The second-order valence-electron chi connectivity index (χ2n) is 6.59. The second kappa shape index (κ2) is 10.9. The Bertz CT molecular complexity index is 658. The normalized spacial score (nSPS) is 13.0.